The lowest BCUT2D eigenvalue weighted by molar-refractivity contribution is -0.137. The Hall–Kier alpha value is -0.490. The molecule has 1 N–H and O–H groups in total. The summed E-state index contributed by atoms with van der Waals surface area (Å²) in [7, 11) is 0. The topological polar surface area (TPSA) is 12.0 Å². The van der Waals surface area contributed by atoms with E-state index in [1.165, 1.54) is 0 Å². The maximum atomic E-state index is 12.5. The van der Waals surface area contributed by atoms with Crippen LogP contribution in [0.1, 0.15) is 5.56 Å². The first-order chi connectivity index (χ1) is 7.29. The Morgan fingerprint density at radius 3 is 2.44 bits per heavy atom. The molecule has 0 aromatic heterocycles. The maximum absolute atomic E-state index is 12.5. The van der Waals surface area contributed by atoms with E-state index in [1.54, 1.807) is 6.07 Å². The van der Waals surface area contributed by atoms with Crippen LogP contribution in [-0.4, -0.2) is 6.54 Å². The fourth-order valence-electron chi connectivity index (χ4n) is 1.05. The van der Waals surface area contributed by atoms with E-state index < -0.39 is 11.7 Å². The molecule has 1 aromatic carbocycles. The van der Waals surface area contributed by atoms with Crippen LogP contribution < -0.4 is 5.32 Å². The molecule has 0 fully saturated rings. The second-order valence-electron chi connectivity index (χ2n) is 3.10. The SMILES string of the molecule is C=C(Br)CNc1cc(Br)cc(C(F)(F)F)c1. The molecule has 0 atom stereocenters. The molecule has 16 heavy (non-hydrogen) atoms. The predicted octanol–water partition coefficient (Wildman–Crippen LogP) is 4.79. The zero-order valence-corrected chi connectivity index (χ0v) is 11.2. The third kappa shape index (κ3) is 4.17. The molecule has 1 nitrogen and oxygen atoms in total. The zero-order valence-electron chi connectivity index (χ0n) is 8.04. The third-order valence-electron chi connectivity index (χ3n) is 1.71. The lowest BCUT2D eigenvalue weighted by Gasteiger charge is -2.11. The summed E-state index contributed by atoms with van der Waals surface area (Å²) in [6, 6.07) is 3.67. The molecule has 1 aromatic rings. The second-order valence-corrected chi connectivity index (χ2v) is 5.13. The van der Waals surface area contributed by atoms with Crippen LogP contribution in [0, 0.1) is 0 Å². The van der Waals surface area contributed by atoms with Gasteiger partial charge >= 0.3 is 6.18 Å². The van der Waals surface area contributed by atoms with E-state index in [-0.39, 0.29) is 0 Å². The maximum Gasteiger partial charge on any atom is 0.416 e. The molecule has 0 saturated heterocycles. The molecule has 0 amide bonds. The standard InChI is InChI=1S/C10H8Br2F3N/c1-6(11)5-16-9-3-7(10(13,14)15)2-8(12)4-9/h2-4,16H,1,5H2. The Morgan fingerprint density at radius 1 is 1.31 bits per heavy atom. The van der Waals surface area contributed by atoms with Gasteiger partial charge in [0.05, 0.1) is 5.56 Å². The summed E-state index contributed by atoms with van der Waals surface area (Å²) >= 11 is 6.16. The van der Waals surface area contributed by atoms with E-state index >= 15 is 0 Å². The van der Waals surface area contributed by atoms with Gasteiger partial charge < -0.3 is 5.32 Å². The van der Waals surface area contributed by atoms with Crippen molar-refractivity contribution in [3.8, 4) is 0 Å². The number of rotatable bonds is 3. The smallest absolute Gasteiger partial charge is 0.380 e. The van der Waals surface area contributed by atoms with Crippen molar-refractivity contribution in [2.24, 2.45) is 0 Å². The number of hydrogen-bond donors (Lipinski definition) is 1. The van der Waals surface area contributed by atoms with E-state index in [9.17, 15) is 13.2 Å². The van der Waals surface area contributed by atoms with Crippen molar-refractivity contribution in [3.05, 3.63) is 39.3 Å². The van der Waals surface area contributed by atoms with Crippen molar-refractivity contribution in [2.45, 2.75) is 6.18 Å². The summed E-state index contributed by atoms with van der Waals surface area (Å²) in [5, 5.41) is 2.82. The average Bonchev–Trinajstić information content (AvgIpc) is 2.12. The minimum absolute atomic E-state index is 0.369. The molecule has 1 rings (SSSR count). The first-order valence-corrected chi connectivity index (χ1v) is 5.82. The predicted molar refractivity (Wildman–Crippen MR) is 65.7 cm³/mol. The van der Waals surface area contributed by atoms with Gasteiger partial charge in [0.2, 0.25) is 0 Å². The summed E-state index contributed by atoms with van der Waals surface area (Å²) in [5.41, 5.74) is -0.299. The van der Waals surface area contributed by atoms with E-state index in [2.05, 4.69) is 43.8 Å². The number of benzene rings is 1. The number of halogens is 5. The van der Waals surface area contributed by atoms with E-state index in [4.69, 9.17) is 0 Å². The lowest BCUT2D eigenvalue weighted by atomic mass is 10.2. The minimum Gasteiger partial charge on any atom is -0.380 e. The van der Waals surface area contributed by atoms with Gasteiger partial charge in [-0.1, -0.05) is 38.4 Å². The zero-order chi connectivity index (χ0) is 12.3. The highest BCUT2D eigenvalue weighted by atomic mass is 79.9. The van der Waals surface area contributed by atoms with Crippen LogP contribution in [0.25, 0.3) is 0 Å². The molecule has 0 aliphatic rings. The highest BCUT2D eigenvalue weighted by Gasteiger charge is 2.31. The quantitative estimate of drug-likeness (QED) is 0.819. The molecule has 88 valence electrons. The number of hydrogen-bond acceptors (Lipinski definition) is 1. The van der Waals surface area contributed by atoms with Gasteiger partial charge in [0.1, 0.15) is 0 Å². The van der Waals surface area contributed by atoms with Crippen molar-refractivity contribution in [3.63, 3.8) is 0 Å². The van der Waals surface area contributed by atoms with Gasteiger partial charge in [0, 0.05) is 21.2 Å². The molecule has 0 bridgehead atoms. The normalized spacial score (nSPS) is 11.3. The van der Waals surface area contributed by atoms with Crippen molar-refractivity contribution in [1.29, 1.82) is 0 Å². The van der Waals surface area contributed by atoms with Gasteiger partial charge in [-0.25, -0.2) is 0 Å². The first kappa shape index (κ1) is 13.6. The molecule has 0 unspecified atom stereocenters. The Morgan fingerprint density at radius 2 is 1.94 bits per heavy atom. The molecule has 6 heteroatoms. The van der Waals surface area contributed by atoms with Crippen LogP contribution in [0.4, 0.5) is 18.9 Å². The molecule has 0 radical (unpaired) electrons. The monoisotopic (exact) mass is 357 g/mol. The van der Waals surface area contributed by atoms with Gasteiger partial charge in [0.25, 0.3) is 0 Å². The summed E-state index contributed by atoms with van der Waals surface area (Å²) in [4.78, 5) is 0. The van der Waals surface area contributed by atoms with Crippen LogP contribution in [0.15, 0.2) is 33.7 Å². The van der Waals surface area contributed by atoms with Crippen LogP contribution in [0.3, 0.4) is 0 Å². The highest BCUT2D eigenvalue weighted by molar-refractivity contribution is 9.11. The average molecular weight is 359 g/mol. The van der Waals surface area contributed by atoms with E-state index in [0.29, 0.717) is 21.2 Å². The first-order valence-electron chi connectivity index (χ1n) is 4.24. The van der Waals surface area contributed by atoms with Crippen LogP contribution >= 0.6 is 31.9 Å². The van der Waals surface area contributed by atoms with Crippen molar-refractivity contribution in [1.82, 2.24) is 0 Å². The van der Waals surface area contributed by atoms with Crippen molar-refractivity contribution >= 4 is 37.5 Å². The van der Waals surface area contributed by atoms with E-state index in [1.807, 2.05) is 0 Å². The Labute approximate surface area is 108 Å². The van der Waals surface area contributed by atoms with Gasteiger partial charge in [-0.15, -0.1) is 0 Å². The van der Waals surface area contributed by atoms with Gasteiger partial charge in [-0.05, 0) is 18.2 Å². The number of anilines is 1. The van der Waals surface area contributed by atoms with Gasteiger partial charge in [-0.2, -0.15) is 13.2 Å². The lowest BCUT2D eigenvalue weighted by Crippen LogP contribution is -2.07. The van der Waals surface area contributed by atoms with Crippen LogP contribution in [0.5, 0.6) is 0 Å². The summed E-state index contributed by atoms with van der Waals surface area (Å²) in [6.45, 7) is 3.95. The number of alkyl halides is 3. The minimum atomic E-state index is -4.34. The van der Waals surface area contributed by atoms with E-state index in [0.717, 1.165) is 12.1 Å². The highest BCUT2D eigenvalue weighted by Crippen LogP contribution is 2.33. The molecule has 0 aliphatic heterocycles. The fourth-order valence-corrected chi connectivity index (χ4v) is 1.69. The van der Waals surface area contributed by atoms with Crippen molar-refractivity contribution in [2.75, 3.05) is 11.9 Å². The molecule has 0 heterocycles. The van der Waals surface area contributed by atoms with Crippen LogP contribution in [-0.2, 0) is 6.18 Å². The molecule has 0 spiro atoms. The summed E-state index contributed by atoms with van der Waals surface area (Å²) in [6.07, 6.45) is -4.34. The molecule has 0 saturated carbocycles. The molecule has 0 aliphatic carbocycles. The number of nitrogens with one attached hydrogen (secondary N) is 1. The second kappa shape index (κ2) is 5.23. The fraction of sp³-hybridized carbons (Fsp3) is 0.200. The summed E-state index contributed by atoms with van der Waals surface area (Å²) in [5.74, 6) is 0. The van der Waals surface area contributed by atoms with Gasteiger partial charge in [-0.3, -0.25) is 0 Å². The third-order valence-corrected chi connectivity index (χ3v) is 2.45. The summed E-state index contributed by atoms with van der Waals surface area (Å²) < 4.78 is 38.5. The van der Waals surface area contributed by atoms with Crippen LogP contribution in [0.2, 0.25) is 0 Å². The largest absolute Gasteiger partial charge is 0.416 e. The molecular formula is C10H8Br2F3N. The van der Waals surface area contributed by atoms with Gasteiger partial charge in [0.15, 0.2) is 0 Å². The Bertz CT molecular complexity index is 402. The Kier molecular flexibility index (Phi) is 4.43. The Balaban J connectivity index is 2.94. The molecular weight excluding hydrogens is 351 g/mol. The van der Waals surface area contributed by atoms with Crippen molar-refractivity contribution < 1.29 is 13.2 Å².